The molecule has 0 saturated heterocycles. The molecule has 3 nitrogen and oxygen atoms in total. The third-order valence-electron chi connectivity index (χ3n) is 2.98. The topological polar surface area (TPSA) is 38.0 Å². The van der Waals surface area contributed by atoms with E-state index in [-0.39, 0.29) is 16.3 Å². The van der Waals surface area contributed by atoms with Gasteiger partial charge in [0.2, 0.25) is 0 Å². The van der Waals surface area contributed by atoms with Gasteiger partial charge in [-0.3, -0.25) is 4.68 Å². The average Bonchev–Trinajstić information content (AvgIpc) is 2.75. The highest BCUT2D eigenvalue weighted by molar-refractivity contribution is 6.31. The third-order valence-corrected chi connectivity index (χ3v) is 3.28. The summed E-state index contributed by atoms with van der Waals surface area (Å²) in [6, 6.07) is 2.44. The lowest BCUT2D eigenvalue weighted by molar-refractivity contribution is 0.197. The van der Waals surface area contributed by atoms with Gasteiger partial charge >= 0.3 is 0 Å². The molecule has 0 aliphatic heterocycles. The van der Waals surface area contributed by atoms with Crippen LogP contribution in [0.5, 0.6) is 0 Å². The predicted octanol–water partition coefficient (Wildman–Crippen LogP) is 3.22. The lowest BCUT2D eigenvalue weighted by Gasteiger charge is -2.16. The molecule has 1 heterocycles. The van der Waals surface area contributed by atoms with Crippen molar-refractivity contribution in [3.63, 3.8) is 0 Å². The molecule has 0 fully saturated rings. The summed E-state index contributed by atoms with van der Waals surface area (Å²) in [5, 5.41) is 14.4. The number of aromatic nitrogens is 2. The van der Waals surface area contributed by atoms with Crippen LogP contribution >= 0.6 is 11.6 Å². The van der Waals surface area contributed by atoms with Crippen molar-refractivity contribution in [2.45, 2.75) is 26.5 Å². The molecule has 0 saturated carbocycles. The van der Waals surface area contributed by atoms with E-state index in [0.717, 1.165) is 6.07 Å². The minimum atomic E-state index is -1.49. The summed E-state index contributed by atoms with van der Waals surface area (Å²) in [6.45, 7) is 3.74. The van der Waals surface area contributed by atoms with E-state index in [0.29, 0.717) is 6.54 Å². The van der Waals surface area contributed by atoms with Crippen LogP contribution in [-0.2, 0) is 6.54 Å². The summed E-state index contributed by atoms with van der Waals surface area (Å²) < 4.78 is 29.2. The van der Waals surface area contributed by atoms with Gasteiger partial charge in [0.1, 0.15) is 17.7 Å². The molecule has 0 radical (unpaired) electrons. The largest absolute Gasteiger partial charge is 0.382 e. The smallest absolute Gasteiger partial charge is 0.135 e. The lowest BCUT2D eigenvalue weighted by Crippen LogP contribution is -2.13. The van der Waals surface area contributed by atoms with Gasteiger partial charge < -0.3 is 5.11 Å². The Balaban J connectivity index is 2.59. The summed E-state index contributed by atoms with van der Waals surface area (Å²) in [7, 11) is 0. The predicted molar refractivity (Wildman–Crippen MR) is 68.1 cm³/mol. The zero-order valence-corrected chi connectivity index (χ0v) is 11.2. The van der Waals surface area contributed by atoms with Crippen molar-refractivity contribution < 1.29 is 13.9 Å². The van der Waals surface area contributed by atoms with Crippen LogP contribution in [0.25, 0.3) is 0 Å². The van der Waals surface area contributed by atoms with Crippen LogP contribution in [0, 0.1) is 18.6 Å². The Hall–Kier alpha value is -1.46. The summed E-state index contributed by atoms with van der Waals surface area (Å²) in [6.07, 6.45) is -0.148. The van der Waals surface area contributed by atoms with E-state index in [4.69, 9.17) is 11.6 Å². The molecule has 0 bridgehead atoms. The third kappa shape index (κ3) is 2.35. The van der Waals surface area contributed by atoms with E-state index in [2.05, 4.69) is 5.10 Å². The first-order valence-corrected chi connectivity index (χ1v) is 6.18. The molecular formula is C13H13ClF2N2O. The van der Waals surface area contributed by atoms with Gasteiger partial charge in [0.05, 0.1) is 22.5 Å². The van der Waals surface area contributed by atoms with E-state index >= 15 is 0 Å². The molecule has 102 valence electrons. The van der Waals surface area contributed by atoms with Crippen LogP contribution in [0.3, 0.4) is 0 Å². The first-order valence-electron chi connectivity index (χ1n) is 5.81. The molecule has 1 aromatic heterocycles. The maximum absolute atomic E-state index is 14.0. The highest BCUT2D eigenvalue weighted by Gasteiger charge is 2.26. The number of benzene rings is 1. The Morgan fingerprint density at radius 2 is 2.11 bits per heavy atom. The molecule has 0 aliphatic carbocycles. The maximum atomic E-state index is 14.0. The normalized spacial score (nSPS) is 12.7. The monoisotopic (exact) mass is 286 g/mol. The lowest BCUT2D eigenvalue weighted by atomic mass is 10.0. The van der Waals surface area contributed by atoms with Crippen LogP contribution in [0.1, 0.15) is 29.8 Å². The number of aryl methyl sites for hydroxylation is 2. The van der Waals surface area contributed by atoms with Crippen molar-refractivity contribution >= 4 is 11.6 Å². The second-order valence-corrected chi connectivity index (χ2v) is 4.60. The van der Waals surface area contributed by atoms with Crippen LogP contribution < -0.4 is 0 Å². The van der Waals surface area contributed by atoms with Crippen molar-refractivity contribution in [1.29, 1.82) is 0 Å². The molecule has 1 aromatic carbocycles. The van der Waals surface area contributed by atoms with Crippen molar-refractivity contribution in [3.8, 4) is 0 Å². The summed E-state index contributed by atoms with van der Waals surface area (Å²) >= 11 is 5.92. The van der Waals surface area contributed by atoms with Crippen LogP contribution in [0.15, 0.2) is 18.3 Å². The molecule has 1 unspecified atom stereocenters. The van der Waals surface area contributed by atoms with Gasteiger partial charge in [-0.15, -0.1) is 0 Å². The van der Waals surface area contributed by atoms with Crippen LogP contribution in [-0.4, -0.2) is 14.9 Å². The number of rotatable bonds is 3. The van der Waals surface area contributed by atoms with Gasteiger partial charge in [-0.05, 0) is 25.5 Å². The Morgan fingerprint density at radius 3 is 2.74 bits per heavy atom. The fourth-order valence-electron chi connectivity index (χ4n) is 1.96. The fraction of sp³-hybridized carbons (Fsp3) is 0.308. The van der Waals surface area contributed by atoms with Crippen molar-refractivity contribution in [1.82, 2.24) is 9.78 Å². The highest BCUT2D eigenvalue weighted by Crippen LogP contribution is 2.32. The minimum absolute atomic E-state index is 0.176. The highest BCUT2D eigenvalue weighted by atomic mass is 35.5. The molecule has 2 aromatic rings. The number of hydrogen-bond donors (Lipinski definition) is 1. The van der Waals surface area contributed by atoms with Gasteiger partial charge in [-0.2, -0.15) is 5.10 Å². The molecule has 6 heteroatoms. The Bertz CT molecular complexity index is 613. The summed E-state index contributed by atoms with van der Waals surface area (Å²) in [5.74, 6) is -1.58. The van der Waals surface area contributed by atoms with E-state index in [1.807, 2.05) is 0 Å². The van der Waals surface area contributed by atoms with Gasteiger partial charge in [0.15, 0.2) is 0 Å². The molecule has 2 rings (SSSR count). The molecular weight excluding hydrogens is 274 g/mol. The van der Waals surface area contributed by atoms with Crippen LogP contribution in [0.4, 0.5) is 8.78 Å². The Morgan fingerprint density at radius 1 is 1.42 bits per heavy atom. The Labute approximate surface area is 114 Å². The molecule has 1 atom stereocenters. The molecule has 1 N–H and O–H groups in total. The van der Waals surface area contributed by atoms with Crippen molar-refractivity contribution in [2.24, 2.45) is 0 Å². The zero-order valence-electron chi connectivity index (χ0n) is 10.5. The molecule has 0 aliphatic rings. The minimum Gasteiger partial charge on any atom is -0.382 e. The average molecular weight is 287 g/mol. The van der Waals surface area contributed by atoms with Crippen molar-refractivity contribution in [2.75, 3.05) is 0 Å². The first kappa shape index (κ1) is 14.0. The van der Waals surface area contributed by atoms with E-state index < -0.39 is 23.3 Å². The fourth-order valence-corrected chi connectivity index (χ4v) is 2.21. The molecule has 19 heavy (non-hydrogen) atoms. The molecule has 0 amide bonds. The van der Waals surface area contributed by atoms with E-state index in [9.17, 15) is 13.9 Å². The van der Waals surface area contributed by atoms with Gasteiger partial charge in [0.25, 0.3) is 0 Å². The van der Waals surface area contributed by atoms with E-state index in [1.54, 1.807) is 6.92 Å². The van der Waals surface area contributed by atoms with Crippen LogP contribution in [0.2, 0.25) is 5.02 Å². The zero-order chi connectivity index (χ0) is 14.2. The SMILES string of the molecule is CCn1ncc(Cl)c1C(O)c1c(F)ccc(C)c1F. The summed E-state index contributed by atoms with van der Waals surface area (Å²) in [5.41, 5.74) is 0.0406. The second kappa shape index (κ2) is 5.27. The maximum Gasteiger partial charge on any atom is 0.135 e. The van der Waals surface area contributed by atoms with E-state index in [1.165, 1.54) is 23.9 Å². The quantitative estimate of drug-likeness (QED) is 0.941. The van der Waals surface area contributed by atoms with Gasteiger partial charge in [0, 0.05) is 6.54 Å². The number of aliphatic hydroxyl groups excluding tert-OH is 1. The standard InChI is InChI=1S/C13H13ClF2N2O/c1-3-18-12(8(14)6-17-18)13(19)10-9(15)5-4-7(2)11(10)16/h4-6,13,19H,3H2,1-2H3. The van der Waals surface area contributed by atoms with Crippen molar-refractivity contribution in [3.05, 3.63) is 51.8 Å². The number of halogens is 3. The number of aliphatic hydroxyl groups is 1. The number of nitrogens with zero attached hydrogens (tertiary/aromatic N) is 2. The Kier molecular flexibility index (Phi) is 3.87. The first-order chi connectivity index (χ1) is 8.97. The molecule has 0 spiro atoms. The van der Waals surface area contributed by atoms with Gasteiger partial charge in [-0.1, -0.05) is 17.7 Å². The number of hydrogen-bond acceptors (Lipinski definition) is 2. The summed E-state index contributed by atoms with van der Waals surface area (Å²) in [4.78, 5) is 0. The van der Waals surface area contributed by atoms with Gasteiger partial charge in [-0.25, -0.2) is 8.78 Å². The second-order valence-electron chi connectivity index (χ2n) is 4.19.